The molecule has 22 heavy (non-hydrogen) atoms. The molecule has 1 atom stereocenters. The monoisotopic (exact) mass is 314 g/mol. The van der Waals surface area contributed by atoms with Crippen LogP contribution in [-0.2, 0) is 17.8 Å². The van der Waals surface area contributed by atoms with Gasteiger partial charge >= 0.3 is 0 Å². The Bertz CT molecular complexity index is 669. The molecule has 0 radical (unpaired) electrons. The molecule has 0 saturated heterocycles. The van der Waals surface area contributed by atoms with Crippen LogP contribution in [0, 0.1) is 0 Å². The van der Waals surface area contributed by atoms with Crippen molar-refractivity contribution in [2.45, 2.75) is 25.9 Å². The van der Waals surface area contributed by atoms with Crippen LogP contribution in [0.3, 0.4) is 0 Å². The van der Waals surface area contributed by atoms with E-state index in [0.717, 1.165) is 22.7 Å². The maximum absolute atomic E-state index is 12.5. The SMILES string of the molecule is C[C@H]1Cc2ccccc2N1C(=O)CNCc1ccc(Cl)cc1. The Morgan fingerprint density at radius 3 is 2.73 bits per heavy atom. The van der Waals surface area contributed by atoms with E-state index in [1.807, 2.05) is 47.4 Å². The Morgan fingerprint density at radius 1 is 1.23 bits per heavy atom. The molecule has 0 saturated carbocycles. The summed E-state index contributed by atoms with van der Waals surface area (Å²) in [5, 5.41) is 3.94. The number of amides is 1. The highest BCUT2D eigenvalue weighted by atomic mass is 35.5. The van der Waals surface area contributed by atoms with Crippen LogP contribution >= 0.6 is 11.6 Å². The molecule has 3 rings (SSSR count). The molecule has 0 bridgehead atoms. The third kappa shape index (κ3) is 3.16. The van der Waals surface area contributed by atoms with Gasteiger partial charge in [-0.05, 0) is 42.7 Å². The molecule has 1 aliphatic heterocycles. The number of fused-ring (bicyclic) bond motifs is 1. The van der Waals surface area contributed by atoms with Gasteiger partial charge in [-0.1, -0.05) is 41.9 Å². The van der Waals surface area contributed by atoms with Crippen molar-refractivity contribution in [3.8, 4) is 0 Å². The molecule has 3 nitrogen and oxygen atoms in total. The lowest BCUT2D eigenvalue weighted by Crippen LogP contribution is -2.41. The fourth-order valence-electron chi connectivity index (χ4n) is 2.95. The first-order chi connectivity index (χ1) is 10.6. The fraction of sp³-hybridized carbons (Fsp3) is 0.278. The second kappa shape index (κ2) is 6.51. The van der Waals surface area contributed by atoms with Gasteiger partial charge < -0.3 is 10.2 Å². The third-order valence-corrected chi connectivity index (χ3v) is 4.25. The second-order valence-electron chi connectivity index (χ2n) is 5.68. The van der Waals surface area contributed by atoms with E-state index >= 15 is 0 Å². The van der Waals surface area contributed by atoms with E-state index < -0.39 is 0 Å². The molecule has 0 fully saturated rings. The Hall–Kier alpha value is -1.84. The molecule has 1 aliphatic rings. The number of carbonyl (C=O) groups is 1. The first-order valence-corrected chi connectivity index (χ1v) is 7.88. The van der Waals surface area contributed by atoms with Crippen molar-refractivity contribution in [2.75, 3.05) is 11.4 Å². The van der Waals surface area contributed by atoms with E-state index in [-0.39, 0.29) is 11.9 Å². The largest absolute Gasteiger partial charge is 0.308 e. The Balaban J connectivity index is 1.59. The van der Waals surface area contributed by atoms with Gasteiger partial charge in [0.15, 0.2) is 0 Å². The molecule has 1 N–H and O–H groups in total. The minimum atomic E-state index is 0.117. The standard InChI is InChI=1S/C18H19ClN2O/c1-13-10-15-4-2-3-5-17(15)21(13)18(22)12-20-11-14-6-8-16(19)9-7-14/h2-9,13,20H,10-12H2,1H3/t13-/m0/s1. The van der Waals surface area contributed by atoms with Crippen LogP contribution in [0.15, 0.2) is 48.5 Å². The molecule has 2 aromatic carbocycles. The number of nitrogens with zero attached hydrogens (tertiary/aromatic N) is 1. The summed E-state index contributed by atoms with van der Waals surface area (Å²) in [5.74, 6) is 0.117. The molecule has 4 heteroatoms. The minimum absolute atomic E-state index is 0.117. The third-order valence-electron chi connectivity index (χ3n) is 3.99. The van der Waals surface area contributed by atoms with Crippen molar-refractivity contribution in [1.29, 1.82) is 0 Å². The lowest BCUT2D eigenvalue weighted by Gasteiger charge is -2.23. The van der Waals surface area contributed by atoms with Crippen LogP contribution in [0.4, 0.5) is 5.69 Å². The molecular weight excluding hydrogens is 296 g/mol. The van der Waals surface area contributed by atoms with Gasteiger partial charge in [0.2, 0.25) is 5.91 Å². The van der Waals surface area contributed by atoms with Crippen molar-refractivity contribution in [2.24, 2.45) is 0 Å². The molecule has 1 heterocycles. The quantitative estimate of drug-likeness (QED) is 0.938. The highest BCUT2D eigenvalue weighted by molar-refractivity contribution is 6.30. The summed E-state index contributed by atoms with van der Waals surface area (Å²) in [5.41, 5.74) is 3.42. The van der Waals surface area contributed by atoms with E-state index in [4.69, 9.17) is 11.6 Å². The average Bonchev–Trinajstić information content (AvgIpc) is 2.85. The number of carbonyl (C=O) groups excluding carboxylic acids is 1. The zero-order valence-corrected chi connectivity index (χ0v) is 13.3. The lowest BCUT2D eigenvalue weighted by molar-refractivity contribution is -0.118. The Morgan fingerprint density at radius 2 is 1.95 bits per heavy atom. The van der Waals surface area contributed by atoms with Gasteiger partial charge in [0.05, 0.1) is 6.54 Å². The molecule has 2 aromatic rings. The van der Waals surface area contributed by atoms with Gasteiger partial charge in [-0.3, -0.25) is 4.79 Å². The predicted molar refractivity (Wildman–Crippen MR) is 90.3 cm³/mol. The van der Waals surface area contributed by atoms with Crippen molar-refractivity contribution in [3.63, 3.8) is 0 Å². The smallest absolute Gasteiger partial charge is 0.241 e. The van der Waals surface area contributed by atoms with E-state index in [1.54, 1.807) is 0 Å². The number of halogens is 1. The average molecular weight is 315 g/mol. The van der Waals surface area contributed by atoms with Gasteiger partial charge in [0.1, 0.15) is 0 Å². The topological polar surface area (TPSA) is 32.3 Å². The summed E-state index contributed by atoms with van der Waals surface area (Å²) in [7, 11) is 0. The molecule has 114 valence electrons. The van der Waals surface area contributed by atoms with Gasteiger partial charge in [0, 0.05) is 23.3 Å². The van der Waals surface area contributed by atoms with Gasteiger partial charge in [-0.2, -0.15) is 0 Å². The Labute approximate surface area is 135 Å². The number of hydrogen-bond donors (Lipinski definition) is 1. The zero-order valence-electron chi connectivity index (χ0n) is 12.6. The summed E-state index contributed by atoms with van der Waals surface area (Å²) in [4.78, 5) is 14.4. The molecule has 0 aliphatic carbocycles. The van der Waals surface area contributed by atoms with Crippen LogP contribution in [0.5, 0.6) is 0 Å². The zero-order chi connectivity index (χ0) is 15.5. The number of benzene rings is 2. The predicted octanol–water partition coefficient (Wildman–Crippen LogP) is 3.41. The van der Waals surface area contributed by atoms with E-state index in [9.17, 15) is 4.79 Å². The maximum atomic E-state index is 12.5. The second-order valence-corrected chi connectivity index (χ2v) is 6.11. The van der Waals surface area contributed by atoms with E-state index in [1.165, 1.54) is 5.56 Å². The summed E-state index contributed by atoms with van der Waals surface area (Å²) in [6.45, 7) is 3.09. The van der Waals surface area contributed by atoms with Crippen LogP contribution < -0.4 is 10.2 Å². The normalized spacial score (nSPS) is 16.6. The van der Waals surface area contributed by atoms with Crippen molar-refractivity contribution in [1.82, 2.24) is 5.32 Å². The number of para-hydroxylation sites is 1. The van der Waals surface area contributed by atoms with Crippen molar-refractivity contribution >= 4 is 23.2 Å². The Kier molecular flexibility index (Phi) is 4.46. The summed E-state index contributed by atoms with van der Waals surface area (Å²) in [6, 6.07) is 16.0. The minimum Gasteiger partial charge on any atom is -0.308 e. The van der Waals surface area contributed by atoms with Crippen LogP contribution in [0.1, 0.15) is 18.1 Å². The van der Waals surface area contributed by atoms with E-state index in [0.29, 0.717) is 13.1 Å². The van der Waals surface area contributed by atoms with Crippen LogP contribution in [0.2, 0.25) is 5.02 Å². The maximum Gasteiger partial charge on any atom is 0.241 e. The highest BCUT2D eigenvalue weighted by Crippen LogP contribution is 2.31. The number of nitrogens with one attached hydrogen (secondary N) is 1. The molecular formula is C18H19ClN2O. The molecule has 0 unspecified atom stereocenters. The van der Waals surface area contributed by atoms with Crippen molar-refractivity contribution < 1.29 is 4.79 Å². The summed E-state index contributed by atoms with van der Waals surface area (Å²) >= 11 is 5.86. The lowest BCUT2D eigenvalue weighted by atomic mass is 10.1. The number of anilines is 1. The number of hydrogen-bond acceptors (Lipinski definition) is 2. The van der Waals surface area contributed by atoms with Crippen molar-refractivity contribution in [3.05, 3.63) is 64.7 Å². The van der Waals surface area contributed by atoms with E-state index in [2.05, 4.69) is 18.3 Å². The first kappa shape index (κ1) is 15.1. The van der Waals surface area contributed by atoms with Gasteiger partial charge in [-0.25, -0.2) is 0 Å². The first-order valence-electron chi connectivity index (χ1n) is 7.50. The van der Waals surface area contributed by atoms with Gasteiger partial charge in [0.25, 0.3) is 0 Å². The number of rotatable bonds is 4. The van der Waals surface area contributed by atoms with Gasteiger partial charge in [-0.15, -0.1) is 0 Å². The molecule has 0 spiro atoms. The summed E-state index contributed by atoms with van der Waals surface area (Å²) in [6.07, 6.45) is 0.930. The molecule has 0 aromatic heterocycles. The van der Waals surface area contributed by atoms with Crippen LogP contribution in [-0.4, -0.2) is 18.5 Å². The van der Waals surface area contributed by atoms with Crippen LogP contribution in [0.25, 0.3) is 0 Å². The molecule has 1 amide bonds. The highest BCUT2D eigenvalue weighted by Gasteiger charge is 2.29. The fourth-order valence-corrected chi connectivity index (χ4v) is 3.07. The summed E-state index contributed by atoms with van der Waals surface area (Å²) < 4.78 is 0.